The molecule has 0 aliphatic heterocycles. The Balaban J connectivity index is 2.11. The van der Waals surface area contributed by atoms with Crippen molar-refractivity contribution in [2.45, 2.75) is 32.9 Å². The molecule has 1 heterocycles. The molecule has 18 heavy (non-hydrogen) atoms. The van der Waals surface area contributed by atoms with Crippen LogP contribution in [-0.2, 0) is 6.54 Å². The van der Waals surface area contributed by atoms with Gasteiger partial charge in [-0.15, -0.1) is 0 Å². The fourth-order valence-corrected chi connectivity index (χ4v) is 1.60. The predicted molar refractivity (Wildman–Crippen MR) is 70.6 cm³/mol. The van der Waals surface area contributed by atoms with Crippen LogP contribution in [0.4, 0.5) is 4.39 Å². The van der Waals surface area contributed by atoms with E-state index in [0.29, 0.717) is 6.54 Å². The molecule has 1 aromatic heterocycles. The van der Waals surface area contributed by atoms with Crippen molar-refractivity contribution in [3.05, 3.63) is 42.1 Å². The van der Waals surface area contributed by atoms with Crippen molar-refractivity contribution in [2.24, 2.45) is 0 Å². The van der Waals surface area contributed by atoms with Crippen LogP contribution in [-0.4, -0.2) is 15.5 Å². The quantitative estimate of drug-likeness (QED) is 0.875. The molecule has 0 radical (unpaired) electrons. The van der Waals surface area contributed by atoms with E-state index in [4.69, 9.17) is 0 Å². The molecule has 0 saturated heterocycles. The highest BCUT2D eigenvalue weighted by Crippen LogP contribution is 2.17. The van der Waals surface area contributed by atoms with E-state index in [2.05, 4.69) is 36.1 Å². The molecule has 0 bridgehead atoms. The summed E-state index contributed by atoms with van der Waals surface area (Å²) in [5, 5.41) is 3.35. The third kappa shape index (κ3) is 3.40. The van der Waals surface area contributed by atoms with E-state index in [9.17, 15) is 4.39 Å². The number of rotatable bonds is 3. The summed E-state index contributed by atoms with van der Waals surface area (Å²) in [6.45, 7) is 6.97. The zero-order valence-corrected chi connectivity index (χ0v) is 10.9. The molecule has 96 valence electrons. The van der Waals surface area contributed by atoms with Crippen molar-refractivity contribution in [1.29, 1.82) is 0 Å². The number of benzene rings is 1. The number of nitrogens with zero attached hydrogens (tertiary/aromatic N) is 1. The Morgan fingerprint density at radius 3 is 2.78 bits per heavy atom. The van der Waals surface area contributed by atoms with Gasteiger partial charge in [0.2, 0.25) is 0 Å². The van der Waals surface area contributed by atoms with E-state index in [1.807, 2.05) is 6.07 Å². The van der Waals surface area contributed by atoms with Crippen LogP contribution in [0, 0.1) is 5.82 Å². The third-order valence-corrected chi connectivity index (χ3v) is 2.55. The molecule has 0 spiro atoms. The van der Waals surface area contributed by atoms with Crippen LogP contribution in [0.1, 0.15) is 26.6 Å². The Morgan fingerprint density at radius 1 is 1.33 bits per heavy atom. The largest absolute Gasteiger partial charge is 0.341 e. The molecule has 2 N–H and O–H groups in total. The topological polar surface area (TPSA) is 40.7 Å². The number of halogens is 1. The Kier molecular flexibility index (Phi) is 3.48. The zero-order valence-electron chi connectivity index (χ0n) is 10.9. The minimum absolute atomic E-state index is 0.0474. The number of imidazole rings is 1. The van der Waals surface area contributed by atoms with Crippen LogP contribution in [0.3, 0.4) is 0 Å². The van der Waals surface area contributed by atoms with Crippen LogP contribution in [0.25, 0.3) is 11.3 Å². The maximum Gasteiger partial charge on any atom is 0.123 e. The summed E-state index contributed by atoms with van der Waals surface area (Å²) in [5.74, 6) is 0.612. The monoisotopic (exact) mass is 247 g/mol. The molecule has 0 saturated carbocycles. The average Bonchev–Trinajstić information content (AvgIpc) is 2.74. The maximum atomic E-state index is 13.1. The molecule has 1 aromatic carbocycles. The second-order valence-electron chi connectivity index (χ2n) is 5.36. The molecule has 0 amide bonds. The lowest BCUT2D eigenvalue weighted by Gasteiger charge is -2.19. The fourth-order valence-electron chi connectivity index (χ4n) is 1.60. The lowest BCUT2D eigenvalue weighted by molar-refractivity contribution is 0.418. The summed E-state index contributed by atoms with van der Waals surface area (Å²) in [6, 6.07) is 6.48. The molecule has 4 heteroatoms. The number of hydrogen-bond donors (Lipinski definition) is 2. The van der Waals surface area contributed by atoms with E-state index in [0.717, 1.165) is 17.1 Å². The van der Waals surface area contributed by atoms with Crippen LogP contribution < -0.4 is 5.32 Å². The van der Waals surface area contributed by atoms with Gasteiger partial charge in [0.1, 0.15) is 11.6 Å². The lowest BCUT2D eigenvalue weighted by Crippen LogP contribution is -2.35. The van der Waals surface area contributed by atoms with Crippen molar-refractivity contribution in [3.63, 3.8) is 0 Å². The second-order valence-corrected chi connectivity index (χ2v) is 5.36. The van der Waals surface area contributed by atoms with E-state index in [1.165, 1.54) is 12.1 Å². The van der Waals surface area contributed by atoms with Gasteiger partial charge in [-0.1, -0.05) is 12.1 Å². The lowest BCUT2D eigenvalue weighted by atomic mass is 10.1. The average molecular weight is 247 g/mol. The summed E-state index contributed by atoms with van der Waals surface area (Å²) < 4.78 is 13.1. The highest BCUT2D eigenvalue weighted by atomic mass is 19.1. The SMILES string of the molecule is CC(C)(C)NCc1ncc(-c2cccc(F)c2)[nH]1. The van der Waals surface area contributed by atoms with E-state index >= 15 is 0 Å². The number of nitrogens with one attached hydrogen (secondary N) is 2. The smallest absolute Gasteiger partial charge is 0.123 e. The van der Waals surface area contributed by atoms with E-state index in [-0.39, 0.29) is 11.4 Å². The van der Waals surface area contributed by atoms with Crippen molar-refractivity contribution < 1.29 is 4.39 Å². The Bertz CT molecular complexity index is 526. The Labute approximate surface area is 106 Å². The standard InChI is InChI=1S/C14H18FN3/c1-14(2,3)17-9-13-16-8-12(18-13)10-5-4-6-11(15)7-10/h4-8,17H,9H2,1-3H3,(H,16,18). The third-order valence-electron chi connectivity index (χ3n) is 2.55. The fraction of sp³-hybridized carbons (Fsp3) is 0.357. The molecule has 2 aromatic rings. The van der Waals surface area contributed by atoms with Gasteiger partial charge < -0.3 is 10.3 Å². The van der Waals surface area contributed by atoms with Gasteiger partial charge >= 0.3 is 0 Å². The van der Waals surface area contributed by atoms with Crippen molar-refractivity contribution in [3.8, 4) is 11.3 Å². The second kappa shape index (κ2) is 4.90. The normalized spacial score (nSPS) is 11.8. The van der Waals surface area contributed by atoms with Crippen LogP contribution >= 0.6 is 0 Å². The first-order valence-electron chi connectivity index (χ1n) is 5.99. The summed E-state index contributed by atoms with van der Waals surface area (Å²) >= 11 is 0. The van der Waals surface area contributed by atoms with E-state index in [1.54, 1.807) is 12.3 Å². The maximum absolute atomic E-state index is 13.1. The number of aromatic amines is 1. The zero-order chi connectivity index (χ0) is 13.2. The van der Waals surface area contributed by atoms with Gasteiger partial charge in [0.05, 0.1) is 18.4 Å². The minimum atomic E-state index is -0.239. The van der Waals surface area contributed by atoms with Gasteiger partial charge in [0.15, 0.2) is 0 Å². The van der Waals surface area contributed by atoms with E-state index < -0.39 is 0 Å². The molecule has 0 aliphatic rings. The van der Waals surface area contributed by atoms with Gasteiger partial charge in [-0.2, -0.15) is 0 Å². The Hall–Kier alpha value is -1.68. The summed E-state index contributed by atoms with van der Waals surface area (Å²) in [4.78, 5) is 7.47. The van der Waals surface area contributed by atoms with Gasteiger partial charge in [-0.05, 0) is 32.9 Å². The van der Waals surface area contributed by atoms with Gasteiger partial charge in [-0.3, -0.25) is 0 Å². The predicted octanol–water partition coefficient (Wildman–Crippen LogP) is 3.10. The van der Waals surface area contributed by atoms with Gasteiger partial charge in [-0.25, -0.2) is 9.37 Å². The first-order chi connectivity index (χ1) is 8.44. The summed E-state index contributed by atoms with van der Waals surface area (Å²) in [5.41, 5.74) is 1.69. The molecule has 0 atom stereocenters. The van der Waals surface area contributed by atoms with Gasteiger partial charge in [0.25, 0.3) is 0 Å². The van der Waals surface area contributed by atoms with Crippen LogP contribution in [0.15, 0.2) is 30.5 Å². The number of hydrogen-bond acceptors (Lipinski definition) is 2. The molecular weight excluding hydrogens is 229 g/mol. The number of aromatic nitrogens is 2. The molecule has 0 fully saturated rings. The molecule has 0 aliphatic carbocycles. The Morgan fingerprint density at radius 2 is 2.11 bits per heavy atom. The molecular formula is C14H18FN3. The molecule has 3 nitrogen and oxygen atoms in total. The molecule has 0 unspecified atom stereocenters. The first-order valence-corrected chi connectivity index (χ1v) is 5.99. The van der Waals surface area contributed by atoms with Crippen LogP contribution in [0.5, 0.6) is 0 Å². The minimum Gasteiger partial charge on any atom is -0.341 e. The number of H-pyrrole nitrogens is 1. The van der Waals surface area contributed by atoms with Crippen molar-refractivity contribution in [1.82, 2.24) is 15.3 Å². The summed E-state index contributed by atoms with van der Waals surface area (Å²) in [6.07, 6.45) is 1.73. The van der Waals surface area contributed by atoms with Crippen LogP contribution in [0.2, 0.25) is 0 Å². The van der Waals surface area contributed by atoms with Crippen molar-refractivity contribution >= 4 is 0 Å². The highest BCUT2D eigenvalue weighted by molar-refractivity contribution is 5.58. The van der Waals surface area contributed by atoms with Gasteiger partial charge in [0, 0.05) is 11.1 Å². The van der Waals surface area contributed by atoms with Crippen molar-refractivity contribution in [2.75, 3.05) is 0 Å². The summed E-state index contributed by atoms with van der Waals surface area (Å²) in [7, 11) is 0. The molecule has 2 rings (SSSR count). The first kappa shape index (κ1) is 12.8. The highest BCUT2D eigenvalue weighted by Gasteiger charge is 2.10.